The number of nitrogens with zero attached hydrogens (tertiary/aromatic N) is 2. The van der Waals surface area contributed by atoms with E-state index >= 15 is 0 Å². The van der Waals surface area contributed by atoms with Gasteiger partial charge in [0.15, 0.2) is 5.96 Å². The van der Waals surface area contributed by atoms with E-state index in [9.17, 15) is 0 Å². The molecule has 6 heteroatoms. The molecule has 2 N–H and O–H groups in total. The minimum atomic E-state index is 0. The number of aliphatic imine (C=N–C) groups is 1. The van der Waals surface area contributed by atoms with Crippen LogP contribution in [0.3, 0.4) is 0 Å². The zero-order valence-electron chi connectivity index (χ0n) is 16.1. The fourth-order valence-electron chi connectivity index (χ4n) is 3.20. The summed E-state index contributed by atoms with van der Waals surface area (Å²) >= 11 is 0. The third kappa shape index (κ3) is 10.0. The number of guanidine groups is 1. The van der Waals surface area contributed by atoms with Gasteiger partial charge in [-0.3, -0.25) is 9.89 Å². The second-order valence-electron chi connectivity index (χ2n) is 6.43. The van der Waals surface area contributed by atoms with Gasteiger partial charge in [0, 0.05) is 32.8 Å². The van der Waals surface area contributed by atoms with E-state index in [1.807, 2.05) is 7.05 Å². The summed E-state index contributed by atoms with van der Waals surface area (Å²) in [6, 6.07) is 0.512. The Morgan fingerprint density at radius 1 is 1.17 bits per heavy atom. The zero-order chi connectivity index (χ0) is 16.9. The van der Waals surface area contributed by atoms with Gasteiger partial charge in [-0.1, -0.05) is 33.1 Å². The first-order chi connectivity index (χ1) is 11.2. The summed E-state index contributed by atoms with van der Waals surface area (Å²) < 4.78 is 5.95. The van der Waals surface area contributed by atoms with Crippen LogP contribution < -0.4 is 10.6 Å². The van der Waals surface area contributed by atoms with Crippen molar-refractivity contribution in [3.63, 3.8) is 0 Å². The van der Waals surface area contributed by atoms with Gasteiger partial charge in [0.25, 0.3) is 0 Å². The van der Waals surface area contributed by atoms with Crippen LogP contribution in [-0.2, 0) is 4.74 Å². The SMILES string of the molecule is CCN(CC)C(C)CNC(=NC)NCCCOC1CCCCC1.I. The highest BCUT2D eigenvalue weighted by molar-refractivity contribution is 14.0. The van der Waals surface area contributed by atoms with E-state index in [2.05, 4.69) is 41.3 Å². The van der Waals surface area contributed by atoms with Crippen molar-refractivity contribution >= 4 is 29.9 Å². The first kappa shape index (κ1) is 23.9. The Morgan fingerprint density at radius 3 is 2.42 bits per heavy atom. The molecule has 1 atom stereocenters. The summed E-state index contributed by atoms with van der Waals surface area (Å²) in [5.41, 5.74) is 0. The van der Waals surface area contributed by atoms with Gasteiger partial charge in [-0.25, -0.2) is 0 Å². The number of nitrogens with one attached hydrogen (secondary N) is 2. The van der Waals surface area contributed by atoms with Crippen molar-refractivity contribution in [2.45, 2.75) is 71.4 Å². The first-order valence-electron chi connectivity index (χ1n) is 9.51. The standard InChI is InChI=1S/C18H38N4O.HI/c1-5-22(6-2)16(3)15-21-18(19-4)20-13-10-14-23-17-11-8-7-9-12-17;/h16-17H,5-15H2,1-4H3,(H2,19,20,21);1H. The van der Waals surface area contributed by atoms with Crippen molar-refractivity contribution in [2.75, 3.05) is 39.8 Å². The molecule has 1 aliphatic rings. The topological polar surface area (TPSA) is 48.9 Å². The highest BCUT2D eigenvalue weighted by Gasteiger charge is 2.13. The van der Waals surface area contributed by atoms with Crippen molar-refractivity contribution in [1.82, 2.24) is 15.5 Å². The summed E-state index contributed by atoms with van der Waals surface area (Å²) in [6.45, 7) is 11.5. The molecule has 0 heterocycles. The van der Waals surface area contributed by atoms with E-state index in [1.165, 1.54) is 32.1 Å². The van der Waals surface area contributed by atoms with Gasteiger partial charge in [-0.05, 0) is 39.3 Å². The molecule has 1 rings (SSSR count). The maximum Gasteiger partial charge on any atom is 0.191 e. The number of likely N-dealkylation sites (N-methyl/N-ethyl adjacent to an activating group) is 1. The van der Waals surface area contributed by atoms with Crippen LogP contribution in [0.15, 0.2) is 4.99 Å². The Balaban J connectivity index is 0.00000529. The molecule has 24 heavy (non-hydrogen) atoms. The number of ether oxygens (including phenoxy) is 1. The second-order valence-corrected chi connectivity index (χ2v) is 6.43. The van der Waals surface area contributed by atoms with E-state index in [4.69, 9.17) is 4.74 Å². The fraction of sp³-hybridized carbons (Fsp3) is 0.944. The lowest BCUT2D eigenvalue weighted by Gasteiger charge is -2.27. The molecule has 0 aromatic carbocycles. The van der Waals surface area contributed by atoms with Crippen LogP contribution in [0.25, 0.3) is 0 Å². The molecule has 0 aromatic rings. The van der Waals surface area contributed by atoms with E-state index in [1.54, 1.807) is 0 Å². The molecular weight excluding hydrogens is 415 g/mol. The fourth-order valence-corrected chi connectivity index (χ4v) is 3.20. The molecule has 1 fully saturated rings. The number of rotatable bonds is 10. The van der Waals surface area contributed by atoms with Crippen LogP contribution in [0.2, 0.25) is 0 Å². The Bertz CT molecular complexity index is 318. The normalized spacial score (nSPS) is 17.5. The van der Waals surface area contributed by atoms with Crippen LogP contribution in [0, 0.1) is 0 Å². The molecule has 0 spiro atoms. The summed E-state index contributed by atoms with van der Waals surface area (Å²) in [5.74, 6) is 0.890. The molecular formula is C18H39IN4O. The Morgan fingerprint density at radius 2 is 1.83 bits per heavy atom. The van der Waals surface area contributed by atoms with Crippen molar-refractivity contribution in [3.05, 3.63) is 0 Å². The average molecular weight is 454 g/mol. The molecule has 0 aromatic heterocycles. The molecule has 1 aliphatic carbocycles. The first-order valence-corrected chi connectivity index (χ1v) is 9.51. The van der Waals surface area contributed by atoms with Gasteiger partial charge in [0.2, 0.25) is 0 Å². The minimum Gasteiger partial charge on any atom is -0.378 e. The van der Waals surface area contributed by atoms with Crippen LogP contribution >= 0.6 is 24.0 Å². The maximum atomic E-state index is 5.95. The number of hydrogen-bond acceptors (Lipinski definition) is 3. The Kier molecular flexibility index (Phi) is 15.1. The molecule has 1 saturated carbocycles. The van der Waals surface area contributed by atoms with E-state index in [0.29, 0.717) is 12.1 Å². The van der Waals surface area contributed by atoms with E-state index < -0.39 is 0 Å². The molecule has 0 saturated heterocycles. The van der Waals surface area contributed by atoms with Gasteiger partial charge in [-0.2, -0.15) is 0 Å². The van der Waals surface area contributed by atoms with Crippen LogP contribution in [0.4, 0.5) is 0 Å². The van der Waals surface area contributed by atoms with Crippen molar-refractivity contribution < 1.29 is 4.74 Å². The predicted molar refractivity (Wildman–Crippen MR) is 115 cm³/mol. The number of hydrogen-bond donors (Lipinski definition) is 2. The lowest BCUT2D eigenvalue weighted by atomic mass is 9.98. The Hall–Kier alpha value is -0.0800. The van der Waals surface area contributed by atoms with Gasteiger partial charge in [0.05, 0.1) is 6.10 Å². The van der Waals surface area contributed by atoms with Crippen molar-refractivity contribution in [2.24, 2.45) is 4.99 Å². The van der Waals surface area contributed by atoms with Crippen LogP contribution in [0.1, 0.15) is 59.3 Å². The molecule has 0 aliphatic heterocycles. The van der Waals surface area contributed by atoms with E-state index in [0.717, 1.165) is 45.2 Å². The monoisotopic (exact) mass is 454 g/mol. The predicted octanol–water partition coefficient (Wildman–Crippen LogP) is 3.24. The third-order valence-electron chi connectivity index (χ3n) is 4.74. The average Bonchev–Trinajstić information content (AvgIpc) is 2.59. The second kappa shape index (κ2) is 15.2. The summed E-state index contributed by atoms with van der Waals surface area (Å²) in [4.78, 5) is 6.74. The smallest absolute Gasteiger partial charge is 0.191 e. The molecule has 5 nitrogen and oxygen atoms in total. The molecule has 0 bridgehead atoms. The van der Waals surface area contributed by atoms with Crippen LogP contribution in [0.5, 0.6) is 0 Å². The molecule has 0 amide bonds. The number of halogens is 1. The van der Waals surface area contributed by atoms with Gasteiger partial charge >= 0.3 is 0 Å². The summed E-state index contributed by atoms with van der Waals surface area (Å²) in [6.07, 6.45) is 8.10. The Labute approximate surface area is 166 Å². The van der Waals surface area contributed by atoms with E-state index in [-0.39, 0.29) is 24.0 Å². The van der Waals surface area contributed by atoms with Gasteiger partial charge < -0.3 is 15.4 Å². The highest BCUT2D eigenvalue weighted by Crippen LogP contribution is 2.20. The summed E-state index contributed by atoms with van der Waals surface area (Å²) in [5, 5.41) is 6.79. The molecule has 1 unspecified atom stereocenters. The van der Waals surface area contributed by atoms with Crippen LogP contribution in [-0.4, -0.2) is 62.8 Å². The molecule has 144 valence electrons. The zero-order valence-corrected chi connectivity index (χ0v) is 18.5. The van der Waals surface area contributed by atoms with Crippen molar-refractivity contribution in [3.8, 4) is 0 Å². The largest absolute Gasteiger partial charge is 0.378 e. The maximum absolute atomic E-state index is 5.95. The van der Waals surface area contributed by atoms with Gasteiger partial charge in [0.1, 0.15) is 0 Å². The quantitative estimate of drug-likeness (QED) is 0.230. The van der Waals surface area contributed by atoms with Crippen molar-refractivity contribution in [1.29, 1.82) is 0 Å². The lowest BCUT2D eigenvalue weighted by Crippen LogP contribution is -2.46. The molecule has 0 radical (unpaired) electrons. The summed E-state index contributed by atoms with van der Waals surface area (Å²) in [7, 11) is 1.83. The van der Waals surface area contributed by atoms with Gasteiger partial charge in [-0.15, -0.1) is 24.0 Å². The lowest BCUT2D eigenvalue weighted by molar-refractivity contribution is 0.0277. The minimum absolute atomic E-state index is 0. The highest BCUT2D eigenvalue weighted by atomic mass is 127. The third-order valence-corrected chi connectivity index (χ3v) is 4.74.